The normalized spacial score (nSPS) is 15.4. The van der Waals surface area contributed by atoms with E-state index in [0.717, 1.165) is 15.6 Å². The van der Waals surface area contributed by atoms with Crippen LogP contribution < -0.4 is 24.4 Å². The summed E-state index contributed by atoms with van der Waals surface area (Å²) in [6.45, 7) is 6.06. The zero-order chi connectivity index (χ0) is 26.0. The number of esters is 1. The van der Waals surface area contributed by atoms with Gasteiger partial charge in [-0.2, -0.15) is 0 Å². The van der Waals surface area contributed by atoms with Gasteiger partial charge in [0.25, 0.3) is 5.56 Å². The Morgan fingerprint density at radius 3 is 2.56 bits per heavy atom. The van der Waals surface area contributed by atoms with Crippen LogP contribution in [0.2, 0.25) is 5.02 Å². The Labute approximate surface area is 225 Å². The van der Waals surface area contributed by atoms with Gasteiger partial charge in [-0.15, -0.1) is 0 Å². The Hall–Kier alpha value is -2.88. The van der Waals surface area contributed by atoms with Crippen molar-refractivity contribution in [3.63, 3.8) is 0 Å². The third-order valence-corrected chi connectivity index (χ3v) is 7.49. The van der Waals surface area contributed by atoms with E-state index < -0.39 is 12.0 Å². The van der Waals surface area contributed by atoms with Crippen molar-refractivity contribution in [2.45, 2.75) is 26.8 Å². The highest BCUT2D eigenvalue weighted by atomic mass is 79.9. The smallest absolute Gasteiger partial charge is 0.338 e. The largest absolute Gasteiger partial charge is 0.493 e. The number of carbonyl (C=O) groups excluding carboxylic acids is 1. The number of rotatable bonds is 7. The molecule has 0 N–H and O–H groups in total. The molecule has 0 unspecified atom stereocenters. The molecule has 7 nitrogen and oxygen atoms in total. The highest BCUT2D eigenvalue weighted by molar-refractivity contribution is 9.10. The molecule has 0 fully saturated rings. The van der Waals surface area contributed by atoms with Crippen LogP contribution in [0.4, 0.5) is 0 Å². The van der Waals surface area contributed by atoms with Crippen LogP contribution in [0, 0.1) is 0 Å². The van der Waals surface area contributed by atoms with Crippen LogP contribution in [-0.2, 0) is 9.53 Å². The number of hydrogen-bond acceptors (Lipinski definition) is 7. The fourth-order valence-electron chi connectivity index (χ4n) is 3.98. The molecule has 3 aromatic rings. The quantitative estimate of drug-likeness (QED) is 0.375. The number of carbonyl (C=O) groups is 1. The predicted octanol–water partition coefficient (Wildman–Crippen LogP) is 4.62. The Bertz CT molecular complexity index is 1530. The van der Waals surface area contributed by atoms with Gasteiger partial charge in [-0.1, -0.05) is 51.0 Å². The number of aromatic nitrogens is 1. The molecule has 2 aromatic carbocycles. The van der Waals surface area contributed by atoms with E-state index >= 15 is 0 Å². The molecule has 1 aliphatic heterocycles. The molecule has 36 heavy (non-hydrogen) atoms. The van der Waals surface area contributed by atoms with E-state index in [0.29, 0.717) is 43.7 Å². The van der Waals surface area contributed by atoms with Gasteiger partial charge in [0.15, 0.2) is 16.3 Å². The summed E-state index contributed by atoms with van der Waals surface area (Å²) < 4.78 is 19.2. The SMILES string of the molecule is CCOC(=O)C1=C(C)N=c2s/c(=C\c3cc(OCC)c(OC)cc3Br)c(=O)n2[C@H]1c1ccc(Cl)cc1. The lowest BCUT2D eigenvalue weighted by atomic mass is 9.96. The molecule has 1 atom stereocenters. The standard InChI is InChI=1S/C26H24BrClN2O5S/c1-5-34-20-11-16(18(27)13-19(20)33-4)12-21-24(31)30-23(15-7-9-17(28)10-8-15)22(25(32)35-6-2)14(3)29-26(30)36-21/h7-13,23H,5-6H2,1-4H3/b21-12-/t23-/m0/s1. The van der Waals surface area contributed by atoms with E-state index in [2.05, 4.69) is 20.9 Å². The Morgan fingerprint density at radius 1 is 1.19 bits per heavy atom. The van der Waals surface area contributed by atoms with Crippen molar-refractivity contribution in [2.24, 2.45) is 4.99 Å². The van der Waals surface area contributed by atoms with Crippen molar-refractivity contribution in [3.8, 4) is 11.5 Å². The first kappa shape index (κ1) is 26.2. The molecule has 0 aliphatic carbocycles. The van der Waals surface area contributed by atoms with Crippen molar-refractivity contribution in [1.82, 2.24) is 4.57 Å². The molecule has 10 heteroatoms. The van der Waals surface area contributed by atoms with Crippen LogP contribution in [0.25, 0.3) is 6.08 Å². The maximum Gasteiger partial charge on any atom is 0.338 e. The molecule has 0 saturated carbocycles. The van der Waals surface area contributed by atoms with Gasteiger partial charge in [-0.05, 0) is 62.2 Å². The van der Waals surface area contributed by atoms with Crippen LogP contribution in [0.1, 0.15) is 37.9 Å². The highest BCUT2D eigenvalue weighted by Crippen LogP contribution is 2.34. The molecule has 0 radical (unpaired) electrons. The number of ether oxygens (including phenoxy) is 3. The first-order chi connectivity index (χ1) is 17.3. The van der Waals surface area contributed by atoms with E-state index in [1.54, 1.807) is 61.9 Å². The summed E-state index contributed by atoms with van der Waals surface area (Å²) in [5.74, 6) is 0.647. The molecule has 1 aliphatic rings. The van der Waals surface area contributed by atoms with E-state index in [1.807, 2.05) is 13.0 Å². The molecular weight excluding hydrogens is 568 g/mol. The lowest BCUT2D eigenvalue weighted by molar-refractivity contribution is -0.139. The van der Waals surface area contributed by atoms with E-state index in [9.17, 15) is 9.59 Å². The van der Waals surface area contributed by atoms with Crippen molar-refractivity contribution >= 4 is 50.9 Å². The fraction of sp³-hybridized carbons (Fsp3) is 0.269. The summed E-state index contributed by atoms with van der Waals surface area (Å²) in [5, 5.41) is 0.555. The first-order valence-electron chi connectivity index (χ1n) is 11.2. The molecule has 0 saturated heterocycles. The number of thiazole rings is 1. The van der Waals surface area contributed by atoms with Gasteiger partial charge in [0.2, 0.25) is 0 Å². The number of nitrogens with zero attached hydrogens (tertiary/aromatic N) is 2. The second-order valence-corrected chi connectivity index (χ2v) is 10.1. The van der Waals surface area contributed by atoms with Gasteiger partial charge in [-0.25, -0.2) is 9.79 Å². The number of methoxy groups -OCH3 is 1. The average molecular weight is 592 g/mol. The van der Waals surface area contributed by atoms with E-state index in [-0.39, 0.29) is 12.2 Å². The average Bonchev–Trinajstić information content (AvgIpc) is 3.15. The second kappa shape index (κ2) is 11.0. The van der Waals surface area contributed by atoms with Crippen molar-refractivity contribution in [1.29, 1.82) is 0 Å². The van der Waals surface area contributed by atoms with Crippen LogP contribution in [0.3, 0.4) is 0 Å². The lowest BCUT2D eigenvalue weighted by Crippen LogP contribution is -2.39. The van der Waals surface area contributed by atoms with E-state index in [4.69, 9.17) is 25.8 Å². The number of benzene rings is 2. The number of fused-ring (bicyclic) bond motifs is 1. The topological polar surface area (TPSA) is 79.1 Å². The minimum Gasteiger partial charge on any atom is -0.493 e. The number of allylic oxidation sites excluding steroid dienone is 1. The number of hydrogen-bond donors (Lipinski definition) is 0. The maximum atomic E-state index is 13.8. The second-order valence-electron chi connectivity index (χ2n) is 7.81. The van der Waals surface area contributed by atoms with Gasteiger partial charge in [-0.3, -0.25) is 9.36 Å². The van der Waals surface area contributed by atoms with Crippen molar-refractivity contribution in [2.75, 3.05) is 20.3 Å². The van der Waals surface area contributed by atoms with Crippen LogP contribution in [0.15, 0.2) is 61.9 Å². The molecule has 2 heterocycles. The van der Waals surface area contributed by atoms with E-state index in [1.165, 1.54) is 11.3 Å². The zero-order valence-electron chi connectivity index (χ0n) is 20.1. The summed E-state index contributed by atoms with van der Waals surface area (Å²) in [6.07, 6.45) is 1.78. The Morgan fingerprint density at radius 2 is 1.92 bits per heavy atom. The third kappa shape index (κ3) is 5.00. The number of halogens is 2. The summed E-state index contributed by atoms with van der Waals surface area (Å²) in [6, 6.07) is 9.98. The summed E-state index contributed by atoms with van der Waals surface area (Å²) in [7, 11) is 1.57. The molecule has 0 spiro atoms. The summed E-state index contributed by atoms with van der Waals surface area (Å²) in [4.78, 5) is 31.8. The Kier molecular flexibility index (Phi) is 8.02. The van der Waals surface area contributed by atoms with Gasteiger partial charge in [0, 0.05) is 9.50 Å². The van der Waals surface area contributed by atoms with Crippen molar-refractivity contribution < 1.29 is 19.0 Å². The molecule has 4 rings (SSSR count). The summed E-state index contributed by atoms with van der Waals surface area (Å²) >= 11 is 10.9. The van der Waals surface area contributed by atoms with Crippen molar-refractivity contribution in [3.05, 3.63) is 88.0 Å². The molecular formula is C26H24BrClN2O5S. The first-order valence-corrected chi connectivity index (χ1v) is 13.2. The van der Waals surface area contributed by atoms with Gasteiger partial charge >= 0.3 is 5.97 Å². The lowest BCUT2D eigenvalue weighted by Gasteiger charge is -2.24. The monoisotopic (exact) mass is 590 g/mol. The molecule has 0 bridgehead atoms. The molecule has 188 valence electrons. The van der Waals surface area contributed by atoms with Crippen LogP contribution in [-0.4, -0.2) is 30.9 Å². The molecule has 0 amide bonds. The maximum absolute atomic E-state index is 13.8. The molecule has 1 aromatic heterocycles. The minimum atomic E-state index is -0.696. The van der Waals surface area contributed by atoms with Gasteiger partial charge < -0.3 is 14.2 Å². The van der Waals surface area contributed by atoms with Gasteiger partial charge in [0.05, 0.1) is 42.2 Å². The zero-order valence-corrected chi connectivity index (χ0v) is 23.3. The summed E-state index contributed by atoms with van der Waals surface area (Å²) in [5.41, 5.74) is 2.03. The fourth-order valence-corrected chi connectivity index (χ4v) is 5.58. The van der Waals surface area contributed by atoms with Crippen LogP contribution in [0.5, 0.6) is 11.5 Å². The minimum absolute atomic E-state index is 0.209. The third-order valence-electron chi connectivity index (χ3n) is 5.57. The Balaban J connectivity index is 1.94. The highest BCUT2D eigenvalue weighted by Gasteiger charge is 2.33. The predicted molar refractivity (Wildman–Crippen MR) is 144 cm³/mol. The van der Waals surface area contributed by atoms with Gasteiger partial charge in [0.1, 0.15) is 0 Å². The van der Waals surface area contributed by atoms with Crippen LogP contribution >= 0.6 is 38.9 Å².